The first-order valence-corrected chi connectivity index (χ1v) is 9.35. The Kier molecular flexibility index (Phi) is 4.97. The van der Waals surface area contributed by atoms with E-state index in [9.17, 15) is 9.59 Å². The number of rotatable bonds is 5. The first kappa shape index (κ1) is 18.0. The molecule has 1 saturated heterocycles. The number of carbonyl (C=O) groups excluding carboxylic acids is 1. The molecule has 1 fully saturated rings. The van der Waals surface area contributed by atoms with E-state index in [-0.39, 0.29) is 18.1 Å². The van der Waals surface area contributed by atoms with Crippen LogP contribution in [0.15, 0.2) is 59.4 Å². The molecule has 0 radical (unpaired) electrons. The topological polar surface area (TPSA) is 69.4 Å². The number of hydrogen-bond donors (Lipinski definition) is 0. The molecule has 2 aromatic carbocycles. The van der Waals surface area contributed by atoms with Gasteiger partial charge in [-0.25, -0.2) is 4.79 Å². The van der Waals surface area contributed by atoms with Crippen LogP contribution in [-0.2, 0) is 11.3 Å². The Morgan fingerprint density at radius 1 is 1.04 bits per heavy atom. The number of carbonyl (C=O) groups is 1. The molecule has 3 aromatic rings. The molecule has 4 rings (SSSR count). The molecule has 7 heteroatoms. The molecule has 0 atom stereocenters. The molecule has 0 bridgehead atoms. The summed E-state index contributed by atoms with van der Waals surface area (Å²) in [5.41, 5.74) is 0.956. The van der Waals surface area contributed by atoms with Gasteiger partial charge in [-0.2, -0.15) is 4.68 Å². The second kappa shape index (κ2) is 7.72. The van der Waals surface area contributed by atoms with Gasteiger partial charge in [0.1, 0.15) is 18.0 Å². The van der Waals surface area contributed by atoms with E-state index in [1.165, 1.54) is 9.25 Å². The number of amides is 1. The first-order chi connectivity index (χ1) is 13.7. The van der Waals surface area contributed by atoms with E-state index in [0.29, 0.717) is 17.3 Å². The summed E-state index contributed by atoms with van der Waals surface area (Å²) >= 11 is 0. The van der Waals surface area contributed by atoms with Crippen LogP contribution in [-0.4, -0.2) is 45.4 Å². The van der Waals surface area contributed by atoms with Crippen molar-refractivity contribution in [3.05, 3.63) is 65.1 Å². The highest BCUT2D eigenvalue weighted by Crippen LogP contribution is 2.22. The second-order valence-electron chi connectivity index (χ2n) is 6.73. The van der Waals surface area contributed by atoms with Crippen LogP contribution in [0.1, 0.15) is 12.8 Å². The minimum atomic E-state index is -0.365. The molecular weight excluding hydrogens is 356 g/mol. The summed E-state index contributed by atoms with van der Waals surface area (Å²) in [7, 11) is 1.55. The Labute approximate surface area is 162 Å². The van der Waals surface area contributed by atoms with Crippen molar-refractivity contribution in [2.24, 2.45) is 0 Å². The van der Waals surface area contributed by atoms with Crippen molar-refractivity contribution in [1.82, 2.24) is 19.2 Å². The summed E-state index contributed by atoms with van der Waals surface area (Å²) in [6.45, 7) is 1.46. The minimum absolute atomic E-state index is 0.0296. The van der Waals surface area contributed by atoms with Crippen LogP contribution in [0.5, 0.6) is 5.75 Å². The maximum Gasteiger partial charge on any atom is 0.351 e. The van der Waals surface area contributed by atoms with Crippen LogP contribution in [0, 0.1) is 0 Å². The van der Waals surface area contributed by atoms with Crippen LogP contribution in [0.25, 0.3) is 17.1 Å². The van der Waals surface area contributed by atoms with Crippen molar-refractivity contribution in [3.63, 3.8) is 0 Å². The third kappa shape index (κ3) is 3.31. The molecule has 0 N–H and O–H groups in total. The summed E-state index contributed by atoms with van der Waals surface area (Å²) < 4.78 is 8.14. The second-order valence-corrected chi connectivity index (χ2v) is 6.73. The van der Waals surface area contributed by atoms with Crippen molar-refractivity contribution in [3.8, 4) is 22.8 Å². The van der Waals surface area contributed by atoms with Crippen molar-refractivity contribution in [2.75, 3.05) is 20.2 Å². The van der Waals surface area contributed by atoms with E-state index in [4.69, 9.17) is 4.74 Å². The number of aromatic nitrogens is 3. The normalized spacial score (nSPS) is 13.7. The van der Waals surface area contributed by atoms with Gasteiger partial charge in [-0.15, -0.1) is 5.10 Å². The number of likely N-dealkylation sites (tertiary alicyclic amines) is 1. The fourth-order valence-electron chi connectivity index (χ4n) is 3.50. The fourth-order valence-corrected chi connectivity index (χ4v) is 3.50. The zero-order valence-electron chi connectivity index (χ0n) is 15.7. The highest BCUT2D eigenvalue weighted by molar-refractivity contribution is 5.77. The molecule has 1 amide bonds. The van der Waals surface area contributed by atoms with Gasteiger partial charge >= 0.3 is 5.69 Å². The van der Waals surface area contributed by atoms with E-state index >= 15 is 0 Å². The number of para-hydroxylation sites is 2. The lowest BCUT2D eigenvalue weighted by Gasteiger charge is -2.15. The predicted molar refractivity (Wildman–Crippen MR) is 106 cm³/mol. The maximum atomic E-state index is 13.2. The minimum Gasteiger partial charge on any atom is -0.494 e. The van der Waals surface area contributed by atoms with Crippen LogP contribution < -0.4 is 10.4 Å². The maximum absolute atomic E-state index is 13.2. The zero-order valence-corrected chi connectivity index (χ0v) is 15.7. The number of methoxy groups -OCH3 is 1. The molecule has 2 heterocycles. The van der Waals surface area contributed by atoms with Crippen molar-refractivity contribution in [2.45, 2.75) is 19.4 Å². The Balaban J connectivity index is 1.82. The molecule has 1 aliphatic rings. The van der Waals surface area contributed by atoms with E-state index < -0.39 is 0 Å². The number of hydrogen-bond acceptors (Lipinski definition) is 4. The molecule has 7 nitrogen and oxygen atoms in total. The van der Waals surface area contributed by atoms with E-state index in [0.717, 1.165) is 31.5 Å². The van der Waals surface area contributed by atoms with Crippen LogP contribution in [0.2, 0.25) is 0 Å². The number of nitrogens with zero attached hydrogens (tertiary/aromatic N) is 4. The van der Waals surface area contributed by atoms with Crippen LogP contribution in [0.3, 0.4) is 0 Å². The van der Waals surface area contributed by atoms with Crippen LogP contribution in [0.4, 0.5) is 0 Å². The number of benzene rings is 2. The summed E-state index contributed by atoms with van der Waals surface area (Å²) in [5.74, 6) is 0.945. The van der Waals surface area contributed by atoms with Gasteiger partial charge in [0.05, 0.1) is 7.11 Å². The predicted octanol–water partition coefficient (Wildman–Crippen LogP) is 2.33. The summed E-state index contributed by atoms with van der Waals surface area (Å²) in [6.07, 6.45) is 2.01. The Hall–Kier alpha value is -3.35. The first-order valence-electron chi connectivity index (χ1n) is 9.35. The van der Waals surface area contributed by atoms with Crippen LogP contribution >= 0.6 is 0 Å². The highest BCUT2D eigenvalue weighted by Gasteiger charge is 2.23. The zero-order chi connectivity index (χ0) is 19.5. The molecule has 1 aliphatic heterocycles. The Bertz CT molecular complexity index is 1030. The molecule has 144 valence electrons. The fraction of sp³-hybridized carbons (Fsp3) is 0.286. The molecule has 28 heavy (non-hydrogen) atoms. The average molecular weight is 378 g/mol. The lowest BCUT2D eigenvalue weighted by atomic mass is 10.2. The smallest absolute Gasteiger partial charge is 0.351 e. The Morgan fingerprint density at radius 3 is 2.43 bits per heavy atom. The largest absolute Gasteiger partial charge is 0.494 e. The molecule has 0 aliphatic carbocycles. The summed E-state index contributed by atoms with van der Waals surface area (Å²) in [6, 6.07) is 16.6. The molecule has 0 spiro atoms. The van der Waals surface area contributed by atoms with Gasteiger partial charge in [-0.1, -0.05) is 42.5 Å². The average Bonchev–Trinajstić information content (AvgIpc) is 3.38. The van der Waals surface area contributed by atoms with Gasteiger partial charge < -0.3 is 9.64 Å². The van der Waals surface area contributed by atoms with E-state index in [2.05, 4.69) is 5.10 Å². The van der Waals surface area contributed by atoms with Crippen molar-refractivity contribution >= 4 is 5.91 Å². The van der Waals surface area contributed by atoms with Gasteiger partial charge in [-0.05, 0) is 25.0 Å². The molecular formula is C21H22N4O3. The summed E-state index contributed by atoms with van der Waals surface area (Å²) in [4.78, 5) is 27.8. The molecule has 0 saturated carbocycles. The van der Waals surface area contributed by atoms with Gasteiger partial charge in [0.2, 0.25) is 5.91 Å². The molecule has 0 unspecified atom stereocenters. The van der Waals surface area contributed by atoms with E-state index in [1.54, 1.807) is 19.2 Å². The molecule has 1 aromatic heterocycles. The van der Waals surface area contributed by atoms with E-state index in [1.807, 2.05) is 47.4 Å². The lowest BCUT2D eigenvalue weighted by Crippen LogP contribution is -2.35. The van der Waals surface area contributed by atoms with Gasteiger partial charge in [0, 0.05) is 18.7 Å². The SMILES string of the molecule is COc1ccccc1-n1nc(-c2ccccc2)n(CC(=O)N2CCCC2)c1=O. The van der Waals surface area contributed by atoms with Crippen molar-refractivity contribution < 1.29 is 9.53 Å². The third-order valence-electron chi connectivity index (χ3n) is 4.96. The monoisotopic (exact) mass is 378 g/mol. The third-order valence-corrected chi connectivity index (χ3v) is 4.96. The standard InChI is InChI=1S/C21H22N4O3/c1-28-18-12-6-5-11-17(18)25-21(27)24(15-19(26)23-13-7-8-14-23)20(22-25)16-9-3-2-4-10-16/h2-6,9-12H,7-8,13-15H2,1H3. The lowest BCUT2D eigenvalue weighted by molar-refractivity contribution is -0.130. The quantitative estimate of drug-likeness (QED) is 0.683. The highest BCUT2D eigenvalue weighted by atomic mass is 16.5. The number of ether oxygens (including phenoxy) is 1. The summed E-state index contributed by atoms with van der Waals surface area (Å²) in [5, 5.41) is 4.55. The van der Waals surface area contributed by atoms with Gasteiger partial charge in [0.15, 0.2) is 5.82 Å². The van der Waals surface area contributed by atoms with Gasteiger partial charge in [-0.3, -0.25) is 9.36 Å². The van der Waals surface area contributed by atoms with Gasteiger partial charge in [0.25, 0.3) is 0 Å². The van der Waals surface area contributed by atoms with Crippen molar-refractivity contribution in [1.29, 1.82) is 0 Å². The Morgan fingerprint density at radius 2 is 1.71 bits per heavy atom.